The first kappa shape index (κ1) is 4.60. The molecule has 0 aromatic rings. The first-order valence-electron chi connectivity index (χ1n) is 1.89. The van der Waals surface area contributed by atoms with Gasteiger partial charge in [-0.05, 0) is 6.92 Å². The highest BCUT2D eigenvalue weighted by atomic mass is 79.9. The van der Waals surface area contributed by atoms with Gasteiger partial charge in [0.1, 0.15) is 0 Å². The summed E-state index contributed by atoms with van der Waals surface area (Å²) in [4.78, 5) is 0. The summed E-state index contributed by atoms with van der Waals surface area (Å²) in [5.74, 6) is 0. The molecule has 0 aromatic carbocycles. The van der Waals surface area contributed by atoms with Crippen LogP contribution < -0.4 is 0 Å². The minimum absolute atomic E-state index is 0.268. The van der Waals surface area contributed by atoms with Gasteiger partial charge in [-0.25, -0.2) is 0 Å². The second kappa shape index (κ2) is 1.51. The summed E-state index contributed by atoms with van der Waals surface area (Å²) in [6, 6.07) is 0. The first-order valence-corrected chi connectivity index (χ1v) is 3.01. The summed E-state index contributed by atoms with van der Waals surface area (Å²) >= 11 is 3.25. The average Bonchev–Trinajstić information content (AvgIpc) is 2.19. The number of epoxide rings is 1. The summed E-state index contributed by atoms with van der Waals surface area (Å²) in [6.07, 6.45) is 0.675. The largest absolute Gasteiger partial charge is 0.369 e. The fourth-order valence-corrected chi connectivity index (χ4v) is 0.884. The predicted octanol–water partition coefficient (Wildman–Crippen LogP) is 0.983. The minimum atomic E-state index is 0.268. The summed E-state index contributed by atoms with van der Waals surface area (Å²) in [5.41, 5.74) is 0. The zero-order valence-electron chi connectivity index (χ0n) is 3.36. The van der Waals surface area contributed by atoms with E-state index in [2.05, 4.69) is 22.9 Å². The molecule has 1 radical (unpaired) electrons. The van der Waals surface area contributed by atoms with E-state index in [4.69, 9.17) is 4.74 Å². The molecule has 1 nitrogen and oxygen atoms in total. The third-order valence-electron chi connectivity index (χ3n) is 0.840. The maximum Gasteiger partial charge on any atom is 0.0938 e. The highest BCUT2D eigenvalue weighted by Gasteiger charge is 2.32. The Hall–Kier alpha value is 0.440. The molecule has 1 fully saturated rings. The van der Waals surface area contributed by atoms with Gasteiger partial charge in [0.05, 0.1) is 12.2 Å². The van der Waals surface area contributed by atoms with E-state index >= 15 is 0 Å². The van der Waals surface area contributed by atoms with Crippen molar-refractivity contribution in [1.82, 2.24) is 0 Å². The van der Waals surface area contributed by atoms with Crippen molar-refractivity contribution in [3.63, 3.8) is 0 Å². The number of rotatable bonds is 1. The van der Waals surface area contributed by atoms with Crippen molar-refractivity contribution in [3.05, 3.63) is 6.92 Å². The Kier molecular flexibility index (Phi) is 1.15. The monoisotopic (exact) mass is 149 g/mol. The second-order valence-electron chi connectivity index (χ2n) is 1.37. The quantitative estimate of drug-likeness (QED) is 0.401. The molecule has 1 heterocycles. The zero-order chi connectivity index (χ0) is 4.57. The lowest BCUT2D eigenvalue weighted by molar-refractivity contribution is 0.402. The molecule has 0 aliphatic carbocycles. The topological polar surface area (TPSA) is 12.5 Å². The van der Waals surface area contributed by atoms with Crippen LogP contribution in [0.15, 0.2) is 0 Å². The Morgan fingerprint density at radius 1 is 1.83 bits per heavy atom. The van der Waals surface area contributed by atoms with Crippen LogP contribution in [0, 0.1) is 6.92 Å². The van der Waals surface area contributed by atoms with E-state index in [0.29, 0.717) is 6.10 Å². The molecule has 1 aliphatic heterocycles. The molecule has 0 bridgehead atoms. The van der Waals surface area contributed by atoms with E-state index in [-0.39, 0.29) is 6.10 Å². The number of halogens is 1. The van der Waals surface area contributed by atoms with Gasteiger partial charge in [0.25, 0.3) is 0 Å². The van der Waals surface area contributed by atoms with Crippen LogP contribution in [0.25, 0.3) is 0 Å². The van der Waals surface area contributed by atoms with Gasteiger partial charge in [0.15, 0.2) is 0 Å². The van der Waals surface area contributed by atoms with Gasteiger partial charge in [0, 0.05) is 5.33 Å². The molecule has 0 amide bonds. The van der Waals surface area contributed by atoms with Crippen molar-refractivity contribution in [1.29, 1.82) is 0 Å². The van der Waals surface area contributed by atoms with Crippen LogP contribution in [0.5, 0.6) is 0 Å². The Balaban J connectivity index is 2.09. The molecule has 0 saturated carbocycles. The lowest BCUT2D eigenvalue weighted by atomic mass is 10.4. The molecule has 2 atom stereocenters. The van der Waals surface area contributed by atoms with E-state index in [1.54, 1.807) is 0 Å². The van der Waals surface area contributed by atoms with Crippen LogP contribution in [0.4, 0.5) is 0 Å². The van der Waals surface area contributed by atoms with Gasteiger partial charge in [0.2, 0.25) is 0 Å². The second-order valence-corrected chi connectivity index (χ2v) is 2.01. The third-order valence-corrected chi connectivity index (χ3v) is 1.48. The molecule has 35 valence electrons. The fourth-order valence-electron chi connectivity index (χ4n) is 0.315. The number of ether oxygens (including phenoxy) is 1. The highest BCUT2D eigenvalue weighted by Crippen LogP contribution is 2.21. The summed E-state index contributed by atoms with van der Waals surface area (Å²) in [6.45, 7) is 3.65. The van der Waals surface area contributed by atoms with Gasteiger partial charge < -0.3 is 4.74 Å². The van der Waals surface area contributed by atoms with Gasteiger partial charge >= 0.3 is 0 Å². The van der Waals surface area contributed by atoms with Gasteiger partial charge in [-0.1, -0.05) is 15.9 Å². The first-order chi connectivity index (χ1) is 2.84. The third kappa shape index (κ3) is 0.738. The van der Waals surface area contributed by atoms with Crippen LogP contribution in [0.3, 0.4) is 0 Å². The maximum atomic E-state index is 4.91. The Morgan fingerprint density at radius 2 is 2.33 bits per heavy atom. The van der Waals surface area contributed by atoms with Crippen LogP contribution in [0.2, 0.25) is 0 Å². The molecular formula is C4H6BrO. The predicted molar refractivity (Wildman–Crippen MR) is 27.8 cm³/mol. The molecule has 2 heteroatoms. The normalized spacial score (nSPS) is 43.0. The van der Waals surface area contributed by atoms with Crippen molar-refractivity contribution in [2.75, 3.05) is 5.33 Å². The SMILES string of the molecule is [CH2][C@@H]1O[C@@H]1CBr. The highest BCUT2D eigenvalue weighted by molar-refractivity contribution is 9.09. The molecule has 0 aromatic heterocycles. The number of hydrogen-bond donors (Lipinski definition) is 0. The van der Waals surface area contributed by atoms with Crippen LogP contribution in [0.1, 0.15) is 0 Å². The molecule has 0 N–H and O–H groups in total. The lowest BCUT2D eigenvalue weighted by Gasteiger charge is -1.70. The smallest absolute Gasteiger partial charge is 0.0938 e. The van der Waals surface area contributed by atoms with Gasteiger partial charge in [-0.3, -0.25) is 0 Å². The average molecular weight is 150 g/mol. The molecule has 1 aliphatic rings. The summed E-state index contributed by atoms with van der Waals surface area (Å²) in [7, 11) is 0. The van der Waals surface area contributed by atoms with Crippen molar-refractivity contribution in [2.24, 2.45) is 0 Å². The Bertz CT molecular complexity index is 53.5. The standard InChI is InChI=1S/C4H6BrO/c1-3-4(2-5)6-3/h3-4H,1-2H2/t3-,4+/m0/s1. The molecule has 0 unspecified atom stereocenters. The number of hydrogen-bond acceptors (Lipinski definition) is 1. The van der Waals surface area contributed by atoms with Gasteiger partial charge in [-0.15, -0.1) is 0 Å². The molecule has 1 saturated heterocycles. The van der Waals surface area contributed by atoms with E-state index in [0.717, 1.165) is 5.33 Å². The van der Waals surface area contributed by atoms with E-state index in [9.17, 15) is 0 Å². The minimum Gasteiger partial charge on any atom is -0.369 e. The van der Waals surface area contributed by atoms with Crippen LogP contribution in [-0.4, -0.2) is 17.5 Å². The Morgan fingerprint density at radius 3 is 2.33 bits per heavy atom. The molecule has 1 rings (SSSR count). The fraction of sp³-hybridized carbons (Fsp3) is 0.750. The van der Waals surface area contributed by atoms with Crippen LogP contribution in [-0.2, 0) is 4.74 Å². The molecular weight excluding hydrogens is 144 g/mol. The van der Waals surface area contributed by atoms with E-state index < -0.39 is 0 Å². The van der Waals surface area contributed by atoms with Crippen LogP contribution >= 0.6 is 15.9 Å². The molecule has 0 spiro atoms. The molecule has 6 heavy (non-hydrogen) atoms. The van der Waals surface area contributed by atoms with Crippen molar-refractivity contribution in [2.45, 2.75) is 12.2 Å². The van der Waals surface area contributed by atoms with Crippen molar-refractivity contribution in [3.8, 4) is 0 Å². The number of alkyl halides is 1. The maximum absolute atomic E-state index is 4.91. The van der Waals surface area contributed by atoms with E-state index in [1.165, 1.54) is 0 Å². The van der Waals surface area contributed by atoms with Gasteiger partial charge in [-0.2, -0.15) is 0 Å². The Labute approximate surface area is 45.8 Å². The lowest BCUT2D eigenvalue weighted by Crippen LogP contribution is -1.87. The zero-order valence-corrected chi connectivity index (χ0v) is 4.94. The summed E-state index contributed by atoms with van der Waals surface area (Å²) < 4.78 is 4.91. The summed E-state index contributed by atoms with van der Waals surface area (Å²) in [5, 5.41) is 0.932. The van der Waals surface area contributed by atoms with Crippen molar-refractivity contribution < 1.29 is 4.74 Å². The van der Waals surface area contributed by atoms with Crippen molar-refractivity contribution >= 4 is 15.9 Å². The van der Waals surface area contributed by atoms with E-state index in [1.807, 2.05) is 0 Å².